The lowest BCUT2D eigenvalue weighted by Crippen LogP contribution is -2.41. The van der Waals surface area contributed by atoms with Crippen molar-refractivity contribution in [1.82, 2.24) is 9.62 Å². The van der Waals surface area contributed by atoms with E-state index in [1.807, 2.05) is 0 Å². The summed E-state index contributed by atoms with van der Waals surface area (Å²) < 4.78 is 70.4. The quantitative estimate of drug-likeness (QED) is 0.695. The van der Waals surface area contributed by atoms with Gasteiger partial charge in [0.2, 0.25) is 15.9 Å². The van der Waals surface area contributed by atoms with E-state index in [2.05, 4.69) is 5.32 Å². The molecule has 1 aliphatic heterocycles. The van der Waals surface area contributed by atoms with E-state index >= 15 is 0 Å². The van der Waals surface area contributed by atoms with Crippen molar-refractivity contribution < 1.29 is 31.1 Å². The number of halogens is 3. The van der Waals surface area contributed by atoms with Gasteiger partial charge in [-0.1, -0.05) is 42.5 Å². The second-order valence-electron chi connectivity index (χ2n) is 7.19. The maximum absolute atomic E-state index is 12.8. The molecule has 1 saturated heterocycles. The van der Waals surface area contributed by atoms with Gasteiger partial charge in [-0.15, -0.1) is 0 Å². The van der Waals surface area contributed by atoms with E-state index in [0.29, 0.717) is 37.4 Å². The highest BCUT2D eigenvalue weighted by Crippen LogP contribution is 2.29. The number of hydrogen-bond acceptors (Lipinski definition) is 4. The molecular weight excluding hydrogens is 433 g/mol. The highest BCUT2D eigenvalue weighted by Gasteiger charge is 2.30. The van der Waals surface area contributed by atoms with Gasteiger partial charge in [-0.2, -0.15) is 17.5 Å². The van der Waals surface area contributed by atoms with E-state index in [-0.39, 0.29) is 24.3 Å². The van der Waals surface area contributed by atoms with Gasteiger partial charge >= 0.3 is 6.18 Å². The van der Waals surface area contributed by atoms with Crippen molar-refractivity contribution in [3.8, 4) is 0 Å². The number of morpholine rings is 1. The minimum atomic E-state index is -4.47. The molecule has 1 N–H and O–H groups in total. The first-order chi connectivity index (χ1) is 14.6. The van der Waals surface area contributed by atoms with Crippen LogP contribution >= 0.6 is 0 Å². The molecule has 0 atom stereocenters. The molecular formula is C21H23F3N2O4S. The van der Waals surface area contributed by atoms with Gasteiger partial charge in [0, 0.05) is 19.6 Å². The van der Waals surface area contributed by atoms with Gasteiger partial charge in [-0.05, 0) is 22.8 Å². The maximum Gasteiger partial charge on any atom is 0.416 e. The summed E-state index contributed by atoms with van der Waals surface area (Å²) in [6.07, 6.45) is -4.68. The molecule has 0 spiro atoms. The summed E-state index contributed by atoms with van der Waals surface area (Å²) in [5.41, 5.74) is 0.636. The molecule has 0 radical (unpaired) electrons. The fourth-order valence-corrected chi connectivity index (χ4v) is 4.85. The molecule has 1 aliphatic rings. The Bertz CT molecular complexity index is 1020. The number of rotatable bonds is 7. The Morgan fingerprint density at radius 1 is 1.03 bits per heavy atom. The van der Waals surface area contributed by atoms with Crippen LogP contribution < -0.4 is 5.32 Å². The molecule has 0 bridgehead atoms. The monoisotopic (exact) mass is 456 g/mol. The number of alkyl halides is 3. The van der Waals surface area contributed by atoms with E-state index in [1.54, 1.807) is 24.3 Å². The molecule has 1 amide bonds. The predicted octanol–water partition coefficient (Wildman–Crippen LogP) is 2.73. The van der Waals surface area contributed by atoms with E-state index < -0.39 is 27.7 Å². The molecule has 0 unspecified atom stereocenters. The summed E-state index contributed by atoms with van der Waals surface area (Å²) in [5.74, 6) is -0.655. The summed E-state index contributed by atoms with van der Waals surface area (Å²) >= 11 is 0. The van der Waals surface area contributed by atoms with Gasteiger partial charge in [0.05, 0.1) is 31.0 Å². The average molecular weight is 456 g/mol. The van der Waals surface area contributed by atoms with Crippen molar-refractivity contribution in [2.24, 2.45) is 0 Å². The number of sulfonamides is 1. The summed E-state index contributed by atoms with van der Waals surface area (Å²) in [5, 5.41) is 2.66. The lowest BCUT2D eigenvalue weighted by Gasteiger charge is -2.26. The van der Waals surface area contributed by atoms with Crippen molar-refractivity contribution in [1.29, 1.82) is 0 Å². The van der Waals surface area contributed by atoms with Crippen LogP contribution in [0.2, 0.25) is 0 Å². The van der Waals surface area contributed by atoms with E-state index in [0.717, 1.165) is 12.1 Å². The predicted molar refractivity (Wildman–Crippen MR) is 108 cm³/mol. The van der Waals surface area contributed by atoms with Crippen molar-refractivity contribution in [2.45, 2.75) is 24.9 Å². The minimum Gasteiger partial charge on any atom is -0.379 e. The van der Waals surface area contributed by atoms with E-state index in [4.69, 9.17) is 4.74 Å². The maximum atomic E-state index is 12.8. The average Bonchev–Trinajstić information content (AvgIpc) is 2.73. The second-order valence-corrected chi connectivity index (χ2v) is 9.16. The van der Waals surface area contributed by atoms with E-state index in [9.17, 15) is 26.4 Å². The van der Waals surface area contributed by atoms with Crippen LogP contribution in [0.5, 0.6) is 0 Å². The number of carbonyl (C=O) groups excluding carboxylic acids is 1. The Morgan fingerprint density at radius 2 is 1.71 bits per heavy atom. The smallest absolute Gasteiger partial charge is 0.379 e. The highest BCUT2D eigenvalue weighted by atomic mass is 32.2. The molecule has 0 saturated carbocycles. The van der Waals surface area contributed by atoms with Crippen LogP contribution in [0, 0.1) is 0 Å². The van der Waals surface area contributed by atoms with Crippen LogP contribution in [-0.2, 0) is 44.4 Å². The minimum absolute atomic E-state index is 0.0760. The molecule has 2 aromatic carbocycles. The summed E-state index contributed by atoms with van der Waals surface area (Å²) in [6, 6.07) is 11.5. The largest absolute Gasteiger partial charge is 0.416 e. The van der Waals surface area contributed by atoms with Crippen molar-refractivity contribution in [3.05, 3.63) is 70.8 Å². The molecule has 1 heterocycles. The number of amides is 1. The van der Waals surface area contributed by atoms with Crippen LogP contribution in [0.3, 0.4) is 0 Å². The van der Waals surface area contributed by atoms with Crippen LogP contribution in [0.25, 0.3) is 0 Å². The fourth-order valence-electron chi connectivity index (χ4n) is 3.28. The summed E-state index contributed by atoms with van der Waals surface area (Å²) in [4.78, 5) is 12.3. The molecule has 31 heavy (non-hydrogen) atoms. The number of ether oxygens (including phenoxy) is 1. The molecule has 0 aromatic heterocycles. The van der Waals surface area contributed by atoms with Gasteiger partial charge in [-0.3, -0.25) is 4.79 Å². The van der Waals surface area contributed by atoms with Crippen LogP contribution in [0.4, 0.5) is 13.2 Å². The Labute approximate surface area is 179 Å². The van der Waals surface area contributed by atoms with Gasteiger partial charge in [0.15, 0.2) is 0 Å². The van der Waals surface area contributed by atoms with Gasteiger partial charge < -0.3 is 10.1 Å². The number of hydrogen-bond donors (Lipinski definition) is 1. The van der Waals surface area contributed by atoms with Crippen molar-refractivity contribution >= 4 is 15.9 Å². The molecule has 0 aliphatic carbocycles. The van der Waals surface area contributed by atoms with Gasteiger partial charge in [-0.25, -0.2) is 8.42 Å². The number of carbonyl (C=O) groups is 1. The van der Waals surface area contributed by atoms with Crippen molar-refractivity contribution in [2.75, 3.05) is 26.3 Å². The van der Waals surface area contributed by atoms with Crippen LogP contribution in [0.15, 0.2) is 48.5 Å². The van der Waals surface area contributed by atoms with Gasteiger partial charge in [0.1, 0.15) is 0 Å². The van der Waals surface area contributed by atoms with Crippen LogP contribution in [0.1, 0.15) is 22.3 Å². The third-order valence-electron chi connectivity index (χ3n) is 4.91. The Hall–Kier alpha value is -2.43. The molecule has 3 rings (SSSR count). The number of nitrogens with one attached hydrogen (secondary N) is 1. The normalized spacial score (nSPS) is 15.6. The molecule has 6 nitrogen and oxygen atoms in total. The standard InChI is InChI=1S/C21H23F3N2O4S/c22-21(23,24)19-7-3-4-16(12-19)13-20(27)25-14-17-5-1-2-6-18(17)15-31(28,29)26-8-10-30-11-9-26/h1-7,12H,8-11,13-15H2,(H,25,27). The third kappa shape index (κ3) is 6.52. The Morgan fingerprint density at radius 3 is 2.39 bits per heavy atom. The second kappa shape index (κ2) is 9.80. The SMILES string of the molecule is O=C(Cc1cccc(C(F)(F)F)c1)NCc1ccccc1CS(=O)(=O)N1CCOCC1. The van der Waals surface area contributed by atoms with Gasteiger partial charge in [0.25, 0.3) is 0 Å². The zero-order chi connectivity index (χ0) is 22.5. The Balaban J connectivity index is 1.63. The Kier molecular flexibility index (Phi) is 7.34. The molecule has 168 valence electrons. The number of benzene rings is 2. The third-order valence-corrected chi connectivity index (χ3v) is 6.74. The topological polar surface area (TPSA) is 75.7 Å². The summed E-state index contributed by atoms with van der Waals surface area (Å²) in [6.45, 7) is 1.39. The number of nitrogens with zero attached hydrogens (tertiary/aromatic N) is 1. The molecule has 2 aromatic rings. The molecule has 10 heteroatoms. The highest BCUT2D eigenvalue weighted by molar-refractivity contribution is 7.88. The summed E-state index contributed by atoms with van der Waals surface area (Å²) in [7, 11) is -3.53. The zero-order valence-corrected chi connectivity index (χ0v) is 17.5. The van der Waals surface area contributed by atoms with E-state index in [1.165, 1.54) is 16.4 Å². The van der Waals surface area contributed by atoms with Crippen molar-refractivity contribution in [3.63, 3.8) is 0 Å². The first kappa shape index (κ1) is 23.2. The zero-order valence-electron chi connectivity index (χ0n) is 16.7. The lowest BCUT2D eigenvalue weighted by molar-refractivity contribution is -0.137. The first-order valence-corrected chi connectivity index (χ1v) is 11.3. The van der Waals surface area contributed by atoms with Crippen LogP contribution in [-0.4, -0.2) is 44.9 Å². The first-order valence-electron chi connectivity index (χ1n) is 9.70. The lowest BCUT2D eigenvalue weighted by atomic mass is 10.1. The molecule has 1 fully saturated rings. The fraction of sp³-hybridized carbons (Fsp3) is 0.381.